The highest BCUT2D eigenvalue weighted by Crippen LogP contribution is 2.34. The van der Waals surface area contributed by atoms with E-state index < -0.39 is 11.7 Å². The van der Waals surface area contributed by atoms with Crippen LogP contribution >= 0.6 is 0 Å². The van der Waals surface area contributed by atoms with E-state index in [4.69, 9.17) is 0 Å². The lowest BCUT2D eigenvalue weighted by molar-refractivity contribution is -0.111. The van der Waals surface area contributed by atoms with Crippen LogP contribution in [-0.4, -0.2) is 50.7 Å². The first kappa shape index (κ1) is 26.7. The lowest BCUT2D eigenvalue weighted by atomic mass is 9.96. The van der Waals surface area contributed by atoms with E-state index in [1.807, 2.05) is 13.1 Å². The second kappa shape index (κ2) is 11.5. The molecule has 0 bridgehead atoms. The molecule has 4 aromatic rings. The number of aromatic nitrogens is 4. The van der Waals surface area contributed by atoms with Crippen molar-refractivity contribution in [1.29, 1.82) is 0 Å². The molecule has 0 unspecified atom stereocenters. The molecule has 0 aliphatic carbocycles. The van der Waals surface area contributed by atoms with Crippen LogP contribution in [-0.2, 0) is 11.8 Å². The molecule has 1 aliphatic rings. The number of halogens is 2. The summed E-state index contributed by atoms with van der Waals surface area (Å²) < 4.78 is 31.9. The lowest BCUT2D eigenvalue weighted by Crippen LogP contribution is -2.23. The van der Waals surface area contributed by atoms with Gasteiger partial charge in [-0.25, -0.2) is 13.8 Å². The van der Waals surface area contributed by atoms with Gasteiger partial charge in [0.1, 0.15) is 17.5 Å². The average molecular weight is 543 g/mol. The zero-order valence-corrected chi connectivity index (χ0v) is 22.1. The Morgan fingerprint density at radius 2 is 1.88 bits per heavy atom. The van der Waals surface area contributed by atoms with Gasteiger partial charge in [-0.2, -0.15) is 10.1 Å². The van der Waals surface area contributed by atoms with Crippen molar-refractivity contribution in [2.75, 3.05) is 36.1 Å². The third-order valence-electron chi connectivity index (χ3n) is 6.46. The summed E-state index contributed by atoms with van der Waals surface area (Å²) in [4.78, 5) is 22.9. The summed E-state index contributed by atoms with van der Waals surface area (Å²) in [6.07, 6.45) is 8.82. The third kappa shape index (κ3) is 6.05. The molecule has 9 nitrogen and oxygen atoms in total. The van der Waals surface area contributed by atoms with Crippen molar-refractivity contribution in [1.82, 2.24) is 24.6 Å². The highest BCUT2D eigenvalue weighted by molar-refractivity contribution is 5.99. The summed E-state index contributed by atoms with van der Waals surface area (Å²) in [5.74, 6) is -0.906. The number of likely N-dealkylation sites (N-methyl/N-ethyl adjacent to an activating group) is 1. The van der Waals surface area contributed by atoms with Crippen molar-refractivity contribution in [3.63, 3.8) is 0 Å². The molecule has 5 rings (SSSR count). The molecule has 40 heavy (non-hydrogen) atoms. The first-order chi connectivity index (χ1) is 19.3. The van der Waals surface area contributed by atoms with Gasteiger partial charge in [-0.1, -0.05) is 24.8 Å². The molecule has 3 N–H and O–H groups in total. The van der Waals surface area contributed by atoms with Crippen molar-refractivity contribution in [3.05, 3.63) is 90.9 Å². The fraction of sp³-hybridized carbons (Fsp3) is 0.172. The van der Waals surface area contributed by atoms with Crippen molar-refractivity contribution in [2.24, 2.45) is 7.05 Å². The summed E-state index contributed by atoms with van der Waals surface area (Å²) >= 11 is 0. The second-order valence-electron chi connectivity index (χ2n) is 9.43. The minimum atomic E-state index is -0.571. The first-order valence-electron chi connectivity index (χ1n) is 12.6. The largest absolute Gasteiger partial charge is 0.337 e. The fourth-order valence-corrected chi connectivity index (χ4v) is 4.34. The average Bonchev–Trinajstić information content (AvgIpc) is 3.35. The quantitative estimate of drug-likeness (QED) is 0.253. The molecular weight excluding hydrogens is 514 g/mol. The van der Waals surface area contributed by atoms with Crippen LogP contribution in [0.2, 0.25) is 0 Å². The molecule has 0 atom stereocenters. The number of anilines is 5. The number of amides is 1. The molecule has 0 saturated heterocycles. The zero-order chi connectivity index (χ0) is 28.2. The molecular formula is C29H28F2N8O. The van der Waals surface area contributed by atoms with E-state index in [0.29, 0.717) is 28.1 Å². The molecule has 204 valence electrons. The molecule has 3 heterocycles. The molecule has 0 fully saturated rings. The number of benzene rings is 2. The van der Waals surface area contributed by atoms with Gasteiger partial charge in [-0.15, -0.1) is 0 Å². The Kier molecular flexibility index (Phi) is 7.65. The van der Waals surface area contributed by atoms with E-state index in [9.17, 15) is 9.18 Å². The number of nitrogens with zero attached hydrogens (tertiary/aromatic N) is 5. The SMILES string of the molecule is C=CC(=O)Nc1ccc(F)c(Nc2nc(Nc3cnn(C)c3)ncc2-c2ccc(C3=CCN(C)CC3)c(F)c2)c1. The number of aryl methyl sites for hydroxylation is 1. The maximum absolute atomic E-state index is 15.4. The Bertz CT molecular complexity index is 1610. The van der Waals surface area contributed by atoms with Crippen LogP contribution in [0.25, 0.3) is 16.7 Å². The lowest BCUT2D eigenvalue weighted by Gasteiger charge is -2.22. The highest BCUT2D eigenvalue weighted by atomic mass is 19.1. The molecule has 11 heteroatoms. The molecule has 1 aliphatic heterocycles. The molecule has 0 radical (unpaired) electrons. The van der Waals surface area contributed by atoms with Crippen LogP contribution in [0.4, 0.5) is 37.6 Å². The van der Waals surface area contributed by atoms with Crippen molar-refractivity contribution in [2.45, 2.75) is 6.42 Å². The summed E-state index contributed by atoms with van der Waals surface area (Å²) in [6, 6.07) is 9.08. The second-order valence-corrected chi connectivity index (χ2v) is 9.43. The number of rotatable bonds is 8. The maximum atomic E-state index is 15.4. The molecule has 2 aromatic heterocycles. The smallest absolute Gasteiger partial charge is 0.247 e. The van der Waals surface area contributed by atoms with Crippen LogP contribution in [0.5, 0.6) is 0 Å². The Balaban J connectivity index is 1.52. The normalized spacial score (nSPS) is 13.4. The van der Waals surface area contributed by atoms with Gasteiger partial charge < -0.3 is 20.9 Å². The standard InChI is InChI=1S/C29H28F2N8O/c1-4-27(40)34-20-6-8-24(30)26(14-20)36-28-23(16-32-29(37-28)35-21-15-33-39(3)17-21)19-5-7-22(25(31)13-19)18-9-11-38(2)12-10-18/h4-9,13-17H,1,10-12H2,2-3H3,(H,34,40)(H2,32,35,36,37). The first-order valence-corrected chi connectivity index (χ1v) is 12.6. The Hall–Kier alpha value is -4.90. The number of carbonyl (C=O) groups is 1. The monoisotopic (exact) mass is 542 g/mol. The van der Waals surface area contributed by atoms with Crippen molar-refractivity contribution in [3.8, 4) is 11.1 Å². The highest BCUT2D eigenvalue weighted by Gasteiger charge is 2.17. The zero-order valence-electron chi connectivity index (χ0n) is 22.1. The van der Waals surface area contributed by atoms with Crippen LogP contribution < -0.4 is 16.0 Å². The van der Waals surface area contributed by atoms with Gasteiger partial charge >= 0.3 is 0 Å². The van der Waals surface area contributed by atoms with Gasteiger partial charge in [0.25, 0.3) is 0 Å². The van der Waals surface area contributed by atoms with Gasteiger partial charge in [0.05, 0.1) is 17.6 Å². The van der Waals surface area contributed by atoms with E-state index in [1.54, 1.807) is 42.5 Å². The van der Waals surface area contributed by atoms with Crippen LogP contribution in [0.3, 0.4) is 0 Å². The van der Waals surface area contributed by atoms with E-state index in [-0.39, 0.29) is 23.3 Å². The molecule has 0 spiro atoms. The Labute approximate surface area is 230 Å². The summed E-state index contributed by atoms with van der Waals surface area (Å²) in [5.41, 5.74) is 3.57. The minimum absolute atomic E-state index is 0.0581. The van der Waals surface area contributed by atoms with E-state index in [2.05, 4.69) is 42.5 Å². The maximum Gasteiger partial charge on any atom is 0.247 e. The molecule has 0 saturated carbocycles. The Morgan fingerprint density at radius 1 is 1.02 bits per heavy atom. The van der Waals surface area contributed by atoms with Crippen molar-refractivity contribution >= 4 is 40.3 Å². The number of hydrogen-bond acceptors (Lipinski definition) is 7. The van der Waals surface area contributed by atoms with Gasteiger partial charge in [-0.3, -0.25) is 9.48 Å². The predicted molar refractivity (Wildman–Crippen MR) is 153 cm³/mol. The number of nitrogens with one attached hydrogen (secondary N) is 3. The van der Waals surface area contributed by atoms with Crippen molar-refractivity contribution < 1.29 is 13.6 Å². The Morgan fingerprint density at radius 3 is 2.58 bits per heavy atom. The summed E-state index contributed by atoms with van der Waals surface area (Å²) in [7, 11) is 3.81. The van der Waals surface area contributed by atoms with E-state index in [1.165, 1.54) is 24.3 Å². The van der Waals surface area contributed by atoms with Gasteiger partial charge in [0.2, 0.25) is 11.9 Å². The fourth-order valence-electron chi connectivity index (χ4n) is 4.34. The van der Waals surface area contributed by atoms with E-state index in [0.717, 1.165) is 31.2 Å². The number of carbonyl (C=O) groups excluding carboxylic acids is 1. The molecule has 1 amide bonds. The van der Waals surface area contributed by atoms with Crippen LogP contribution in [0, 0.1) is 11.6 Å². The van der Waals surface area contributed by atoms with Crippen LogP contribution in [0.1, 0.15) is 12.0 Å². The predicted octanol–water partition coefficient (Wildman–Crippen LogP) is 5.49. The summed E-state index contributed by atoms with van der Waals surface area (Å²) in [5, 5.41) is 12.8. The van der Waals surface area contributed by atoms with Gasteiger partial charge in [0.15, 0.2) is 0 Å². The van der Waals surface area contributed by atoms with Crippen LogP contribution in [0.15, 0.2) is 73.7 Å². The topological polar surface area (TPSA) is 100 Å². The number of hydrogen-bond donors (Lipinski definition) is 3. The van der Waals surface area contributed by atoms with Gasteiger partial charge in [-0.05, 0) is 54.9 Å². The third-order valence-corrected chi connectivity index (χ3v) is 6.46. The summed E-state index contributed by atoms with van der Waals surface area (Å²) in [6.45, 7) is 5.06. The molecule has 2 aromatic carbocycles. The minimum Gasteiger partial charge on any atom is -0.337 e. The van der Waals surface area contributed by atoms with Gasteiger partial charge in [0, 0.05) is 49.3 Å². The van der Waals surface area contributed by atoms with E-state index >= 15 is 4.39 Å².